The molecule has 1 aliphatic rings. The molecule has 3 heterocycles. The van der Waals surface area contributed by atoms with Crippen LogP contribution in [0.4, 0.5) is 19.1 Å². The van der Waals surface area contributed by atoms with Crippen LogP contribution in [0, 0.1) is 11.8 Å². The van der Waals surface area contributed by atoms with E-state index in [1.807, 2.05) is 4.90 Å². The highest BCUT2D eigenvalue weighted by Gasteiger charge is 2.43. The van der Waals surface area contributed by atoms with E-state index in [9.17, 15) is 27.6 Å². The van der Waals surface area contributed by atoms with E-state index in [-0.39, 0.29) is 22.9 Å². The van der Waals surface area contributed by atoms with Crippen LogP contribution in [0.1, 0.15) is 13.8 Å². The Hall–Kier alpha value is -3.05. The maximum absolute atomic E-state index is 13.1. The summed E-state index contributed by atoms with van der Waals surface area (Å²) >= 11 is 0.685. The predicted octanol–water partition coefficient (Wildman–Crippen LogP) is 0.676. The standard InChI is InChI=1S/C19H21F3N6O4S/c1-4-5-8-28-12-13(24-17(28)27-9-6-23-7-10-27)25-18(26(3)14(12)29)33-11(2)15(30)32-16(31)19(20,21)22/h11,23H,6-10H2,1-3H3. The van der Waals surface area contributed by atoms with Gasteiger partial charge in [-0.2, -0.15) is 18.2 Å². The number of esters is 2. The van der Waals surface area contributed by atoms with Gasteiger partial charge >= 0.3 is 18.1 Å². The lowest BCUT2D eigenvalue weighted by Gasteiger charge is -2.28. The van der Waals surface area contributed by atoms with E-state index >= 15 is 0 Å². The van der Waals surface area contributed by atoms with Crippen molar-refractivity contribution < 1.29 is 27.5 Å². The molecule has 0 aliphatic carbocycles. The number of alkyl halides is 3. The van der Waals surface area contributed by atoms with Crippen LogP contribution in [0.25, 0.3) is 11.2 Å². The van der Waals surface area contributed by atoms with Gasteiger partial charge in [0.05, 0.1) is 6.54 Å². The van der Waals surface area contributed by atoms with Gasteiger partial charge in [0.1, 0.15) is 5.25 Å². The number of fused-ring (bicyclic) bond motifs is 1. The number of carbonyl (C=O) groups is 2. The van der Waals surface area contributed by atoms with E-state index in [4.69, 9.17) is 0 Å². The second kappa shape index (κ2) is 9.84. The second-order valence-corrected chi connectivity index (χ2v) is 8.37. The van der Waals surface area contributed by atoms with Crippen LogP contribution < -0.4 is 15.8 Å². The number of hydrogen-bond acceptors (Lipinski definition) is 9. The number of carbonyl (C=O) groups excluding carboxylic acids is 2. The molecule has 1 atom stereocenters. The predicted molar refractivity (Wildman–Crippen MR) is 114 cm³/mol. The minimum Gasteiger partial charge on any atom is -0.386 e. The topological polar surface area (TPSA) is 111 Å². The average molecular weight is 486 g/mol. The number of rotatable bonds is 5. The SMILES string of the molecule is CC#CCn1c(N2CCNCC2)nc2nc(SC(C)C(=O)OC(=O)C(F)(F)F)n(C)c(=O)c21. The molecule has 3 rings (SSSR count). The largest absolute Gasteiger partial charge is 0.491 e. The summed E-state index contributed by atoms with van der Waals surface area (Å²) in [4.78, 5) is 46.9. The number of piperazine rings is 1. The minimum absolute atomic E-state index is 0.0366. The van der Waals surface area contributed by atoms with Crippen LogP contribution >= 0.6 is 11.8 Å². The molecule has 1 N–H and O–H groups in total. The first kappa shape index (κ1) is 24.6. The van der Waals surface area contributed by atoms with Gasteiger partial charge in [0.15, 0.2) is 16.3 Å². The lowest BCUT2D eigenvalue weighted by Crippen LogP contribution is -2.44. The molecule has 10 nitrogen and oxygen atoms in total. The normalized spacial score (nSPS) is 15.2. The third-order valence-corrected chi connectivity index (χ3v) is 5.90. The third-order valence-electron chi connectivity index (χ3n) is 4.78. The lowest BCUT2D eigenvalue weighted by atomic mass is 10.4. The zero-order valence-corrected chi connectivity index (χ0v) is 18.8. The number of nitrogens with zero attached hydrogens (tertiary/aromatic N) is 5. The van der Waals surface area contributed by atoms with Gasteiger partial charge in [-0.05, 0) is 13.8 Å². The molecule has 0 amide bonds. The minimum atomic E-state index is -5.29. The summed E-state index contributed by atoms with van der Waals surface area (Å²) in [5.41, 5.74) is -0.110. The quantitative estimate of drug-likeness (QED) is 0.214. The summed E-state index contributed by atoms with van der Waals surface area (Å²) in [5.74, 6) is 2.24. The first-order valence-corrected chi connectivity index (χ1v) is 10.7. The number of anilines is 1. The highest BCUT2D eigenvalue weighted by molar-refractivity contribution is 8.00. The highest BCUT2D eigenvalue weighted by atomic mass is 32.2. The Balaban J connectivity index is 1.97. The Morgan fingerprint density at radius 2 is 1.94 bits per heavy atom. The van der Waals surface area contributed by atoms with Crippen molar-refractivity contribution in [3.05, 3.63) is 10.4 Å². The van der Waals surface area contributed by atoms with Crippen molar-refractivity contribution in [2.75, 3.05) is 31.1 Å². The Morgan fingerprint density at radius 3 is 2.55 bits per heavy atom. The van der Waals surface area contributed by atoms with E-state index in [0.29, 0.717) is 30.8 Å². The van der Waals surface area contributed by atoms with Gasteiger partial charge in [-0.15, -0.1) is 5.92 Å². The molecule has 0 bridgehead atoms. The molecule has 0 saturated carbocycles. The maximum atomic E-state index is 13.1. The van der Waals surface area contributed by atoms with Crippen LogP contribution in [0.15, 0.2) is 9.95 Å². The number of aromatic nitrogens is 4. The smallest absolute Gasteiger partial charge is 0.386 e. The van der Waals surface area contributed by atoms with Crippen LogP contribution in [0.2, 0.25) is 0 Å². The zero-order chi connectivity index (χ0) is 24.3. The van der Waals surface area contributed by atoms with E-state index in [0.717, 1.165) is 13.1 Å². The molecule has 14 heteroatoms. The number of thioether (sulfide) groups is 1. The molecule has 1 unspecified atom stereocenters. The van der Waals surface area contributed by atoms with Gasteiger partial charge in [-0.1, -0.05) is 17.7 Å². The monoisotopic (exact) mass is 486 g/mol. The van der Waals surface area contributed by atoms with Crippen molar-refractivity contribution in [3.8, 4) is 11.8 Å². The van der Waals surface area contributed by atoms with E-state index in [1.165, 1.54) is 18.5 Å². The lowest BCUT2D eigenvalue weighted by molar-refractivity contribution is -0.201. The van der Waals surface area contributed by atoms with Crippen molar-refractivity contribution in [2.24, 2.45) is 7.05 Å². The fourth-order valence-corrected chi connectivity index (χ4v) is 3.93. The second-order valence-electron chi connectivity index (χ2n) is 7.06. The van der Waals surface area contributed by atoms with E-state index in [2.05, 4.69) is 31.9 Å². The van der Waals surface area contributed by atoms with Crippen LogP contribution in [-0.2, 0) is 27.9 Å². The number of hydrogen-bond donors (Lipinski definition) is 1. The fraction of sp³-hybridized carbons (Fsp3) is 0.526. The summed E-state index contributed by atoms with van der Waals surface area (Å²) in [7, 11) is 1.42. The van der Waals surface area contributed by atoms with Gasteiger partial charge in [-0.25, -0.2) is 9.78 Å². The summed E-state index contributed by atoms with van der Waals surface area (Å²) in [6.07, 6.45) is -5.29. The molecule has 1 fully saturated rings. The van der Waals surface area contributed by atoms with E-state index in [1.54, 1.807) is 11.5 Å². The van der Waals surface area contributed by atoms with Gasteiger partial charge in [0.25, 0.3) is 5.56 Å². The maximum Gasteiger partial charge on any atom is 0.491 e. The van der Waals surface area contributed by atoms with Crippen LogP contribution in [0.3, 0.4) is 0 Å². The number of halogens is 3. The first-order chi connectivity index (χ1) is 15.5. The third kappa shape index (κ3) is 5.31. The molecule has 2 aromatic heterocycles. The van der Waals surface area contributed by atoms with Crippen LogP contribution in [0.5, 0.6) is 0 Å². The zero-order valence-electron chi connectivity index (χ0n) is 18.0. The summed E-state index contributed by atoms with van der Waals surface area (Å²) in [6.45, 7) is 5.96. The summed E-state index contributed by atoms with van der Waals surface area (Å²) in [6, 6.07) is 0. The highest BCUT2D eigenvalue weighted by Crippen LogP contribution is 2.26. The van der Waals surface area contributed by atoms with Crippen molar-refractivity contribution in [2.45, 2.75) is 37.0 Å². The van der Waals surface area contributed by atoms with Gasteiger partial charge in [0.2, 0.25) is 5.95 Å². The molecular weight excluding hydrogens is 465 g/mol. The van der Waals surface area contributed by atoms with Gasteiger partial charge < -0.3 is 15.0 Å². The van der Waals surface area contributed by atoms with Crippen molar-refractivity contribution in [1.29, 1.82) is 0 Å². The van der Waals surface area contributed by atoms with Gasteiger partial charge in [-0.3, -0.25) is 18.7 Å². The van der Waals surface area contributed by atoms with Gasteiger partial charge in [0, 0.05) is 33.2 Å². The van der Waals surface area contributed by atoms with Crippen molar-refractivity contribution >= 4 is 40.8 Å². The molecule has 33 heavy (non-hydrogen) atoms. The number of nitrogens with one attached hydrogen (secondary N) is 1. The van der Waals surface area contributed by atoms with E-state index < -0.39 is 28.9 Å². The average Bonchev–Trinajstić information content (AvgIpc) is 3.13. The molecule has 0 aromatic carbocycles. The number of ether oxygens (including phenoxy) is 1. The number of imidazole rings is 1. The fourth-order valence-electron chi connectivity index (χ4n) is 3.09. The summed E-state index contributed by atoms with van der Waals surface area (Å²) in [5, 5.41) is 2.03. The molecule has 178 valence electrons. The molecule has 1 aliphatic heterocycles. The van der Waals surface area contributed by atoms with Crippen LogP contribution in [-0.4, -0.2) is 68.6 Å². The molecule has 0 radical (unpaired) electrons. The Morgan fingerprint density at radius 1 is 1.27 bits per heavy atom. The Kier molecular flexibility index (Phi) is 7.33. The molecule has 0 spiro atoms. The molecular formula is C19H21F3N6O4S. The first-order valence-electron chi connectivity index (χ1n) is 9.86. The summed E-state index contributed by atoms with van der Waals surface area (Å²) < 4.78 is 43.8. The Bertz CT molecular complexity index is 1190. The van der Waals surface area contributed by atoms with Crippen molar-refractivity contribution in [1.82, 2.24) is 24.4 Å². The van der Waals surface area contributed by atoms with Crippen molar-refractivity contribution in [3.63, 3.8) is 0 Å². The Labute approximate surface area is 190 Å². The molecule has 1 saturated heterocycles. The molecule has 2 aromatic rings.